The van der Waals surface area contributed by atoms with Gasteiger partial charge in [0.1, 0.15) is 0 Å². The molecule has 0 amide bonds. The molecule has 2 heterocycles. The molecule has 1 aromatic heterocycles. The fourth-order valence-electron chi connectivity index (χ4n) is 2.34. The molecule has 1 fully saturated rings. The molecule has 100 valence electrons. The fraction of sp³-hybridized carbons (Fsp3) is 0.667. The van der Waals surface area contributed by atoms with Gasteiger partial charge in [0.2, 0.25) is 5.95 Å². The molecule has 0 radical (unpaired) electrons. The zero-order chi connectivity index (χ0) is 13.2. The monoisotopic (exact) mass is 254 g/mol. The lowest BCUT2D eigenvalue weighted by Gasteiger charge is -2.39. The maximum Gasteiger partial charge on any atom is 0.225 e. The van der Waals surface area contributed by atoms with Crippen molar-refractivity contribution in [3.8, 4) is 0 Å². The van der Waals surface area contributed by atoms with Crippen molar-refractivity contribution in [3.63, 3.8) is 0 Å². The summed E-state index contributed by atoms with van der Waals surface area (Å²) in [6.07, 6.45) is 3.68. The number of piperidine rings is 1. The van der Waals surface area contributed by atoms with E-state index in [9.17, 15) is 9.50 Å². The fourth-order valence-corrected chi connectivity index (χ4v) is 2.34. The lowest BCUT2D eigenvalue weighted by atomic mass is 9.91. The van der Waals surface area contributed by atoms with E-state index in [1.807, 2.05) is 23.9 Å². The summed E-state index contributed by atoms with van der Waals surface area (Å²) in [6, 6.07) is 0. The van der Waals surface area contributed by atoms with Crippen LogP contribution in [0.25, 0.3) is 0 Å². The summed E-state index contributed by atoms with van der Waals surface area (Å²) in [5.74, 6) is 0.100. The first-order valence-electron chi connectivity index (χ1n) is 6.08. The molecule has 1 N–H and O–H groups in total. The van der Waals surface area contributed by atoms with Crippen LogP contribution in [-0.4, -0.2) is 59.3 Å². The van der Waals surface area contributed by atoms with Gasteiger partial charge in [-0.2, -0.15) is 0 Å². The maximum absolute atomic E-state index is 12.7. The van der Waals surface area contributed by atoms with Gasteiger partial charge in [-0.3, -0.25) is 0 Å². The van der Waals surface area contributed by atoms with Crippen LogP contribution in [0, 0.1) is 5.82 Å². The van der Waals surface area contributed by atoms with Crippen molar-refractivity contribution in [2.45, 2.75) is 18.4 Å². The van der Waals surface area contributed by atoms with Crippen molar-refractivity contribution in [1.82, 2.24) is 14.9 Å². The molecule has 0 aliphatic carbocycles. The Balaban J connectivity index is 1.96. The Bertz CT molecular complexity index is 388. The highest BCUT2D eigenvalue weighted by atomic mass is 19.1. The molecule has 1 aliphatic rings. The van der Waals surface area contributed by atoms with Gasteiger partial charge < -0.3 is 14.9 Å². The molecule has 0 bridgehead atoms. The third-order valence-corrected chi connectivity index (χ3v) is 3.19. The summed E-state index contributed by atoms with van der Waals surface area (Å²) in [4.78, 5) is 11.9. The molecule has 0 unspecified atom stereocenters. The first kappa shape index (κ1) is 13.2. The number of rotatable bonds is 3. The molecule has 1 aromatic rings. The highest BCUT2D eigenvalue weighted by Crippen LogP contribution is 2.24. The van der Waals surface area contributed by atoms with Gasteiger partial charge in [0, 0.05) is 19.6 Å². The van der Waals surface area contributed by atoms with E-state index in [0.717, 1.165) is 0 Å². The minimum atomic E-state index is -0.639. The Kier molecular flexibility index (Phi) is 3.77. The quantitative estimate of drug-likeness (QED) is 0.851. The third kappa shape index (κ3) is 3.14. The minimum Gasteiger partial charge on any atom is -0.388 e. The van der Waals surface area contributed by atoms with Crippen molar-refractivity contribution in [3.05, 3.63) is 18.2 Å². The largest absolute Gasteiger partial charge is 0.388 e. The Hall–Kier alpha value is -1.27. The molecule has 18 heavy (non-hydrogen) atoms. The SMILES string of the molecule is CN(C)CC1(O)CCN(c2ncc(F)cn2)CC1. The van der Waals surface area contributed by atoms with E-state index >= 15 is 0 Å². The average Bonchev–Trinajstić information content (AvgIpc) is 2.30. The molecule has 6 heteroatoms. The van der Waals surface area contributed by atoms with Gasteiger partial charge in [-0.05, 0) is 26.9 Å². The molecule has 0 aromatic carbocycles. The lowest BCUT2D eigenvalue weighted by molar-refractivity contribution is -0.00558. The van der Waals surface area contributed by atoms with E-state index in [0.29, 0.717) is 38.4 Å². The van der Waals surface area contributed by atoms with Crippen molar-refractivity contribution in [2.24, 2.45) is 0 Å². The second kappa shape index (κ2) is 5.16. The van der Waals surface area contributed by atoms with Gasteiger partial charge >= 0.3 is 0 Å². The number of nitrogens with zero attached hydrogens (tertiary/aromatic N) is 4. The molecular weight excluding hydrogens is 235 g/mol. The molecule has 0 saturated carbocycles. The second-order valence-electron chi connectivity index (χ2n) is 5.15. The van der Waals surface area contributed by atoms with Crippen LogP contribution in [0.3, 0.4) is 0 Å². The Morgan fingerprint density at radius 1 is 1.33 bits per heavy atom. The Labute approximate surface area is 106 Å². The number of aromatic nitrogens is 2. The average molecular weight is 254 g/mol. The van der Waals surface area contributed by atoms with E-state index in [4.69, 9.17) is 0 Å². The van der Waals surface area contributed by atoms with E-state index < -0.39 is 11.4 Å². The van der Waals surface area contributed by atoms with Crippen molar-refractivity contribution < 1.29 is 9.50 Å². The van der Waals surface area contributed by atoms with Crippen LogP contribution in [0.5, 0.6) is 0 Å². The maximum atomic E-state index is 12.7. The van der Waals surface area contributed by atoms with Crippen molar-refractivity contribution in [1.29, 1.82) is 0 Å². The summed E-state index contributed by atoms with van der Waals surface area (Å²) in [7, 11) is 3.90. The lowest BCUT2D eigenvalue weighted by Crippen LogP contribution is -2.50. The number of halogens is 1. The normalized spacial score (nSPS) is 19.3. The topological polar surface area (TPSA) is 52.5 Å². The van der Waals surface area contributed by atoms with Crippen LogP contribution in [-0.2, 0) is 0 Å². The smallest absolute Gasteiger partial charge is 0.225 e. The van der Waals surface area contributed by atoms with E-state index in [1.54, 1.807) is 0 Å². The standard InChI is InChI=1S/C12H19FN4O/c1-16(2)9-12(18)3-5-17(6-4-12)11-14-7-10(13)8-15-11/h7-8,18H,3-6,9H2,1-2H3. The van der Waals surface area contributed by atoms with Gasteiger partial charge in [-0.1, -0.05) is 0 Å². The predicted octanol–water partition coefficient (Wildman–Crippen LogP) is 0.509. The summed E-state index contributed by atoms with van der Waals surface area (Å²) in [5.41, 5.74) is -0.639. The molecule has 0 spiro atoms. The van der Waals surface area contributed by atoms with Gasteiger partial charge in [0.15, 0.2) is 5.82 Å². The third-order valence-electron chi connectivity index (χ3n) is 3.19. The highest BCUT2D eigenvalue weighted by molar-refractivity contribution is 5.29. The predicted molar refractivity (Wildman–Crippen MR) is 66.9 cm³/mol. The van der Waals surface area contributed by atoms with Crippen LogP contribution in [0.2, 0.25) is 0 Å². The van der Waals surface area contributed by atoms with Gasteiger partial charge in [-0.25, -0.2) is 14.4 Å². The number of hydrogen-bond acceptors (Lipinski definition) is 5. The highest BCUT2D eigenvalue weighted by Gasteiger charge is 2.33. The number of aliphatic hydroxyl groups is 1. The van der Waals surface area contributed by atoms with Crippen LogP contribution in [0.15, 0.2) is 12.4 Å². The molecule has 5 nitrogen and oxygen atoms in total. The number of anilines is 1. The van der Waals surface area contributed by atoms with Crippen molar-refractivity contribution in [2.75, 3.05) is 38.6 Å². The molecular formula is C12H19FN4O. The Morgan fingerprint density at radius 3 is 2.39 bits per heavy atom. The first-order chi connectivity index (χ1) is 8.48. The second-order valence-corrected chi connectivity index (χ2v) is 5.15. The zero-order valence-corrected chi connectivity index (χ0v) is 10.8. The van der Waals surface area contributed by atoms with Gasteiger partial charge in [-0.15, -0.1) is 0 Å². The van der Waals surface area contributed by atoms with Crippen LogP contribution in [0.4, 0.5) is 10.3 Å². The summed E-state index contributed by atoms with van der Waals surface area (Å²) in [6.45, 7) is 2.04. The van der Waals surface area contributed by atoms with Crippen LogP contribution < -0.4 is 4.90 Å². The van der Waals surface area contributed by atoms with E-state index in [-0.39, 0.29) is 0 Å². The van der Waals surface area contributed by atoms with Gasteiger partial charge in [0.05, 0.1) is 18.0 Å². The van der Waals surface area contributed by atoms with Gasteiger partial charge in [0.25, 0.3) is 0 Å². The Morgan fingerprint density at radius 2 is 1.89 bits per heavy atom. The van der Waals surface area contributed by atoms with E-state index in [1.165, 1.54) is 12.4 Å². The minimum absolute atomic E-state index is 0.431. The summed E-state index contributed by atoms with van der Waals surface area (Å²) in [5, 5.41) is 10.4. The number of hydrogen-bond donors (Lipinski definition) is 1. The zero-order valence-electron chi connectivity index (χ0n) is 10.8. The molecule has 1 saturated heterocycles. The molecule has 1 aliphatic heterocycles. The molecule has 2 rings (SSSR count). The van der Waals surface area contributed by atoms with E-state index in [2.05, 4.69) is 9.97 Å². The summed E-state index contributed by atoms with van der Waals surface area (Å²) < 4.78 is 12.7. The van der Waals surface area contributed by atoms with Crippen LogP contribution in [0.1, 0.15) is 12.8 Å². The first-order valence-corrected chi connectivity index (χ1v) is 6.08. The van der Waals surface area contributed by atoms with Crippen LogP contribution >= 0.6 is 0 Å². The number of likely N-dealkylation sites (N-methyl/N-ethyl adjacent to an activating group) is 1. The van der Waals surface area contributed by atoms with Crippen molar-refractivity contribution >= 4 is 5.95 Å². The molecule has 0 atom stereocenters. The summed E-state index contributed by atoms with van der Waals surface area (Å²) >= 11 is 0.